The van der Waals surface area contributed by atoms with Crippen LogP contribution in [0.3, 0.4) is 0 Å². The molecule has 0 radical (unpaired) electrons. The van der Waals surface area contributed by atoms with E-state index in [2.05, 4.69) is 17.3 Å². The van der Waals surface area contributed by atoms with Gasteiger partial charge in [-0.25, -0.2) is 0 Å². The van der Waals surface area contributed by atoms with Crippen molar-refractivity contribution in [1.82, 2.24) is 15.1 Å². The van der Waals surface area contributed by atoms with Crippen molar-refractivity contribution in [2.75, 3.05) is 0 Å². The van der Waals surface area contributed by atoms with E-state index in [-0.39, 0.29) is 6.10 Å². The molecule has 0 aromatic carbocycles. The molecule has 1 aromatic rings. The van der Waals surface area contributed by atoms with Gasteiger partial charge in [-0.1, -0.05) is 0 Å². The lowest BCUT2D eigenvalue weighted by Gasteiger charge is -2.15. The summed E-state index contributed by atoms with van der Waals surface area (Å²) in [6.45, 7) is 4.68. The van der Waals surface area contributed by atoms with Crippen molar-refractivity contribution in [1.29, 1.82) is 0 Å². The molecule has 0 saturated heterocycles. The van der Waals surface area contributed by atoms with Gasteiger partial charge in [0.05, 0.1) is 11.8 Å². The molecule has 0 aliphatic carbocycles. The number of nitrogens with one attached hydrogen (secondary N) is 1. The maximum atomic E-state index is 9.18. The van der Waals surface area contributed by atoms with Crippen molar-refractivity contribution in [3.05, 3.63) is 18.0 Å². The molecule has 1 rings (SSSR count). The third kappa shape index (κ3) is 3.47. The minimum absolute atomic E-state index is 0.246. The van der Waals surface area contributed by atoms with E-state index in [0.29, 0.717) is 6.04 Å². The summed E-state index contributed by atoms with van der Waals surface area (Å²) in [5.41, 5.74) is 1.16. The van der Waals surface area contributed by atoms with E-state index in [0.717, 1.165) is 18.7 Å². The molecule has 1 heterocycles. The smallest absolute Gasteiger partial charge is 0.0526 e. The van der Waals surface area contributed by atoms with Gasteiger partial charge in [0, 0.05) is 25.8 Å². The summed E-state index contributed by atoms with van der Waals surface area (Å²) >= 11 is 0. The van der Waals surface area contributed by atoms with Crippen LogP contribution in [0.4, 0.5) is 0 Å². The lowest BCUT2D eigenvalue weighted by atomic mass is 10.1. The minimum Gasteiger partial charge on any atom is -0.393 e. The summed E-state index contributed by atoms with van der Waals surface area (Å²) in [7, 11) is 1.93. The fourth-order valence-electron chi connectivity index (χ4n) is 1.45. The van der Waals surface area contributed by atoms with Crippen LogP contribution in [0.5, 0.6) is 0 Å². The Labute approximate surface area is 84.9 Å². The lowest BCUT2D eigenvalue weighted by Crippen LogP contribution is -2.29. The molecule has 1 aromatic heterocycles. The molecule has 0 aliphatic heterocycles. The predicted molar refractivity (Wildman–Crippen MR) is 55.8 cm³/mol. The molecule has 0 spiro atoms. The average Bonchev–Trinajstić information content (AvgIpc) is 2.46. The standard InChI is InChI=1S/C10H19N3O/c1-8(6-9(2)14)11-7-10-4-5-12-13(10)3/h4-5,8-9,11,14H,6-7H2,1-3H3. The third-order valence-corrected chi connectivity index (χ3v) is 2.25. The fourth-order valence-corrected chi connectivity index (χ4v) is 1.45. The van der Waals surface area contributed by atoms with E-state index in [1.807, 2.05) is 24.7 Å². The van der Waals surface area contributed by atoms with Gasteiger partial charge in [0.15, 0.2) is 0 Å². The number of aliphatic hydroxyl groups excluding tert-OH is 1. The van der Waals surface area contributed by atoms with Crippen LogP contribution in [0, 0.1) is 0 Å². The predicted octanol–water partition coefficient (Wildman–Crippen LogP) is 0.669. The number of aliphatic hydroxyl groups is 1. The topological polar surface area (TPSA) is 50.1 Å². The van der Waals surface area contributed by atoms with E-state index in [9.17, 15) is 5.11 Å². The van der Waals surface area contributed by atoms with Crippen LogP contribution >= 0.6 is 0 Å². The summed E-state index contributed by atoms with van der Waals surface area (Å²) in [5, 5.41) is 16.6. The Morgan fingerprint density at radius 3 is 2.79 bits per heavy atom. The highest BCUT2D eigenvalue weighted by atomic mass is 16.3. The SMILES string of the molecule is CC(O)CC(C)NCc1ccnn1C. The number of hydrogen-bond acceptors (Lipinski definition) is 3. The van der Waals surface area contributed by atoms with Gasteiger partial charge in [0.25, 0.3) is 0 Å². The van der Waals surface area contributed by atoms with E-state index >= 15 is 0 Å². The number of hydrogen-bond donors (Lipinski definition) is 2. The van der Waals surface area contributed by atoms with Gasteiger partial charge in [-0.3, -0.25) is 4.68 Å². The number of aryl methyl sites for hydroxylation is 1. The monoisotopic (exact) mass is 197 g/mol. The Hall–Kier alpha value is -0.870. The molecule has 14 heavy (non-hydrogen) atoms. The summed E-state index contributed by atoms with van der Waals surface area (Å²) in [4.78, 5) is 0. The van der Waals surface area contributed by atoms with E-state index in [1.165, 1.54) is 0 Å². The maximum Gasteiger partial charge on any atom is 0.0526 e. The second-order valence-corrected chi connectivity index (χ2v) is 3.81. The summed E-state index contributed by atoms with van der Waals surface area (Å²) in [6, 6.07) is 2.31. The highest BCUT2D eigenvalue weighted by Gasteiger charge is 2.06. The van der Waals surface area contributed by atoms with Crippen molar-refractivity contribution in [2.24, 2.45) is 7.05 Å². The summed E-state index contributed by atoms with van der Waals surface area (Å²) in [5.74, 6) is 0. The first-order valence-electron chi connectivity index (χ1n) is 4.98. The molecule has 2 unspecified atom stereocenters. The Kier molecular flexibility index (Phi) is 4.10. The first-order valence-corrected chi connectivity index (χ1v) is 4.98. The van der Waals surface area contributed by atoms with Crippen molar-refractivity contribution in [2.45, 2.75) is 39.0 Å². The quantitative estimate of drug-likeness (QED) is 0.729. The Morgan fingerprint density at radius 1 is 1.57 bits per heavy atom. The Balaban J connectivity index is 2.30. The lowest BCUT2D eigenvalue weighted by molar-refractivity contribution is 0.170. The molecule has 0 saturated carbocycles. The van der Waals surface area contributed by atoms with Crippen LogP contribution in [-0.2, 0) is 13.6 Å². The van der Waals surface area contributed by atoms with Crippen LogP contribution in [0.1, 0.15) is 26.0 Å². The van der Waals surface area contributed by atoms with Gasteiger partial charge in [0.1, 0.15) is 0 Å². The number of nitrogens with zero attached hydrogens (tertiary/aromatic N) is 2. The zero-order valence-electron chi connectivity index (χ0n) is 9.07. The van der Waals surface area contributed by atoms with Crippen molar-refractivity contribution in [3.63, 3.8) is 0 Å². The molecule has 0 fully saturated rings. The summed E-state index contributed by atoms with van der Waals surface area (Å²) in [6.07, 6.45) is 2.32. The van der Waals surface area contributed by atoms with Gasteiger partial charge in [-0.2, -0.15) is 5.10 Å². The van der Waals surface area contributed by atoms with Crippen LogP contribution in [0.15, 0.2) is 12.3 Å². The zero-order valence-corrected chi connectivity index (χ0v) is 9.07. The van der Waals surface area contributed by atoms with E-state index in [1.54, 1.807) is 6.20 Å². The molecule has 4 nitrogen and oxygen atoms in total. The maximum absolute atomic E-state index is 9.18. The van der Waals surface area contributed by atoms with Crippen LogP contribution in [0.25, 0.3) is 0 Å². The van der Waals surface area contributed by atoms with Gasteiger partial charge >= 0.3 is 0 Å². The molecule has 4 heteroatoms. The Morgan fingerprint density at radius 2 is 2.29 bits per heavy atom. The molecule has 80 valence electrons. The van der Waals surface area contributed by atoms with Gasteiger partial charge in [0.2, 0.25) is 0 Å². The van der Waals surface area contributed by atoms with Crippen molar-refractivity contribution < 1.29 is 5.11 Å². The van der Waals surface area contributed by atoms with Gasteiger partial charge in [-0.05, 0) is 26.3 Å². The van der Waals surface area contributed by atoms with Gasteiger partial charge < -0.3 is 10.4 Å². The first-order chi connectivity index (χ1) is 6.59. The third-order valence-electron chi connectivity index (χ3n) is 2.25. The average molecular weight is 197 g/mol. The fraction of sp³-hybridized carbons (Fsp3) is 0.700. The number of aromatic nitrogens is 2. The van der Waals surface area contributed by atoms with E-state index in [4.69, 9.17) is 0 Å². The molecular weight excluding hydrogens is 178 g/mol. The summed E-state index contributed by atoms with van der Waals surface area (Å²) < 4.78 is 1.85. The van der Waals surface area contributed by atoms with Crippen molar-refractivity contribution >= 4 is 0 Å². The normalized spacial score (nSPS) is 15.4. The molecule has 0 aliphatic rings. The highest BCUT2D eigenvalue weighted by molar-refractivity contribution is 4.99. The number of rotatable bonds is 5. The molecule has 2 atom stereocenters. The molecule has 0 bridgehead atoms. The van der Waals surface area contributed by atoms with Crippen LogP contribution in [0.2, 0.25) is 0 Å². The second kappa shape index (κ2) is 5.12. The van der Waals surface area contributed by atoms with Crippen LogP contribution in [-0.4, -0.2) is 27.0 Å². The highest BCUT2D eigenvalue weighted by Crippen LogP contribution is 2.00. The molecule has 2 N–H and O–H groups in total. The zero-order chi connectivity index (χ0) is 10.6. The molecular formula is C10H19N3O. The molecule has 0 amide bonds. The second-order valence-electron chi connectivity index (χ2n) is 3.81. The van der Waals surface area contributed by atoms with E-state index < -0.39 is 0 Å². The van der Waals surface area contributed by atoms with Gasteiger partial charge in [-0.15, -0.1) is 0 Å². The first kappa shape index (κ1) is 11.2. The van der Waals surface area contributed by atoms with Crippen molar-refractivity contribution in [3.8, 4) is 0 Å². The minimum atomic E-state index is -0.246. The van der Waals surface area contributed by atoms with Crippen LogP contribution < -0.4 is 5.32 Å². The largest absolute Gasteiger partial charge is 0.393 e. The Bertz CT molecular complexity index is 270.